The van der Waals surface area contributed by atoms with Crippen LogP contribution in [-0.4, -0.2) is 0 Å². The molecule has 1 nitrogen and oxygen atoms in total. The Bertz CT molecular complexity index is 3540. The van der Waals surface area contributed by atoms with E-state index in [0.717, 1.165) is 16.5 Å². The van der Waals surface area contributed by atoms with Gasteiger partial charge in [-0.1, -0.05) is 194 Å². The van der Waals surface area contributed by atoms with Crippen molar-refractivity contribution in [3.8, 4) is 55.6 Å². The fraction of sp³-hybridized carbons (Fsp3) is 0. The normalized spacial score (nSPS) is 15.5. The number of benzene rings is 9. The highest BCUT2D eigenvalue weighted by molar-refractivity contribution is 5.98. The molecule has 0 amide bonds. The lowest BCUT2D eigenvalue weighted by Crippen LogP contribution is -2.11. The monoisotopic (exact) mass is 692 g/mol. The van der Waals surface area contributed by atoms with Gasteiger partial charge in [0.1, 0.15) is 0 Å². The SMILES string of the molecule is [2H]c1c([2H])c([2H])c(-c2c([2H])c([2H])c(-c3c([2H])c([2H])c(N(c4ccccc4-c4ccc(-c5ccccc5)cc4)c4c([2H])c([2H])c([2H])c(-c5cccc6ccccc56)c4[2H])c([2H])c3[2H])c([2H])c2[2H])c([2H])c1[2H]. The molecule has 9 rings (SSSR count). The van der Waals surface area contributed by atoms with Gasteiger partial charge >= 0.3 is 0 Å². The molecule has 0 fully saturated rings. The van der Waals surface area contributed by atoms with Crippen molar-refractivity contribution in [3.63, 3.8) is 0 Å². The second kappa shape index (κ2) is 14.3. The molecule has 0 radical (unpaired) electrons. The zero-order valence-electron chi connectivity index (χ0n) is 45.0. The van der Waals surface area contributed by atoms with Crippen LogP contribution in [-0.2, 0) is 0 Å². The van der Waals surface area contributed by atoms with Crippen LogP contribution in [0, 0.1) is 0 Å². The molecule has 9 aromatic rings. The minimum Gasteiger partial charge on any atom is -0.310 e. The average molecular weight is 693 g/mol. The minimum absolute atomic E-state index is 0.0304. The average Bonchev–Trinajstić information content (AvgIpc) is 3.37. The van der Waals surface area contributed by atoms with Crippen LogP contribution in [0.1, 0.15) is 23.3 Å². The molecule has 0 spiro atoms. The van der Waals surface area contributed by atoms with Crippen molar-refractivity contribution in [3.05, 3.63) is 224 Å². The maximum atomic E-state index is 9.92. The third-order valence-electron chi connectivity index (χ3n) is 8.80. The Labute approximate surface area is 335 Å². The van der Waals surface area contributed by atoms with Crippen molar-refractivity contribution < 1.29 is 23.3 Å². The van der Waals surface area contributed by atoms with E-state index in [0.29, 0.717) is 22.1 Å². The summed E-state index contributed by atoms with van der Waals surface area (Å²) in [4.78, 5) is 1.21. The summed E-state index contributed by atoms with van der Waals surface area (Å²) in [5.41, 5.74) is 0.0835. The second-order valence-electron chi connectivity index (χ2n) is 12.0. The van der Waals surface area contributed by atoms with E-state index in [1.807, 2.05) is 72.8 Å². The van der Waals surface area contributed by atoms with Gasteiger partial charge in [0, 0.05) is 16.9 Å². The maximum absolute atomic E-state index is 9.92. The first-order chi connectivity index (χ1) is 33.4. The molecule has 0 aromatic heterocycles. The summed E-state index contributed by atoms with van der Waals surface area (Å²) in [7, 11) is 0. The molecular formula is C52H37N. The Kier molecular flexibility index (Phi) is 5.01. The summed E-state index contributed by atoms with van der Waals surface area (Å²) in [6.07, 6.45) is 0. The van der Waals surface area contributed by atoms with Crippen LogP contribution in [0.3, 0.4) is 0 Å². The Morgan fingerprint density at radius 1 is 0.321 bits per heavy atom. The molecule has 0 aliphatic heterocycles. The zero-order valence-corrected chi connectivity index (χ0v) is 28.0. The van der Waals surface area contributed by atoms with Crippen LogP contribution in [0.2, 0.25) is 0 Å². The van der Waals surface area contributed by atoms with Crippen molar-refractivity contribution in [1.82, 2.24) is 0 Å². The van der Waals surface area contributed by atoms with Gasteiger partial charge in [0.25, 0.3) is 0 Å². The number of anilines is 3. The van der Waals surface area contributed by atoms with E-state index in [-0.39, 0.29) is 16.9 Å². The fourth-order valence-corrected chi connectivity index (χ4v) is 6.24. The topological polar surface area (TPSA) is 3.24 Å². The van der Waals surface area contributed by atoms with Crippen LogP contribution in [0.15, 0.2) is 224 Å². The van der Waals surface area contributed by atoms with Crippen LogP contribution < -0.4 is 4.90 Å². The first-order valence-electron chi connectivity index (χ1n) is 25.3. The molecule has 0 atom stereocenters. The molecule has 0 saturated carbocycles. The van der Waals surface area contributed by atoms with Gasteiger partial charge < -0.3 is 4.90 Å². The predicted molar refractivity (Wildman–Crippen MR) is 226 cm³/mol. The molecule has 1 heteroatoms. The Balaban J connectivity index is 1.34. The van der Waals surface area contributed by atoms with E-state index in [1.165, 1.54) is 4.90 Å². The summed E-state index contributed by atoms with van der Waals surface area (Å²) in [5, 5.41) is 1.42. The summed E-state index contributed by atoms with van der Waals surface area (Å²) < 4.78 is 154. The largest absolute Gasteiger partial charge is 0.310 e. The minimum atomic E-state index is -0.871. The third-order valence-corrected chi connectivity index (χ3v) is 8.80. The molecule has 9 aromatic carbocycles. The van der Waals surface area contributed by atoms with E-state index in [9.17, 15) is 11.0 Å². The number of fused-ring (bicyclic) bond motifs is 1. The molecule has 0 N–H and O–H groups in total. The Hall–Kier alpha value is -6.96. The van der Waals surface area contributed by atoms with Gasteiger partial charge in [0.2, 0.25) is 0 Å². The van der Waals surface area contributed by atoms with Gasteiger partial charge in [0.15, 0.2) is 0 Å². The molecule has 0 unspecified atom stereocenters. The predicted octanol–water partition coefficient (Wildman–Crippen LogP) is 14.6. The molecule has 0 saturated heterocycles. The molecule has 53 heavy (non-hydrogen) atoms. The number of hydrogen-bond donors (Lipinski definition) is 0. The number of rotatable bonds is 8. The molecule has 0 aliphatic rings. The van der Waals surface area contributed by atoms with Gasteiger partial charge in [-0.25, -0.2) is 0 Å². The zero-order chi connectivity index (χ0) is 50.2. The van der Waals surface area contributed by atoms with Gasteiger partial charge in [-0.15, -0.1) is 0 Å². The Morgan fingerprint density at radius 3 is 1.62 bits per heavy atom. The lowest BCUT2D eigenvalue weighted by Gasteiger charge is -2.28. The highest BCUT2D eigenvalue weighted by atomic mass is 15.1. The molecule has 0 heterocycles. The van der Waals surface area contributed by atoms with E-state index < -0.39 is 131 Å². The van der Waals surface area contributed by atoms with Crippen molar-refractivity contribution in [2.75, 3.05) is 4.90 Å². The van der Waals surface area contributed by atoms with Crippen LogP contribution in [0.4, 0.5) is 17.1 Å². The van der Waals surface area contributed by atoms with Gasteiger partial charge in [-0.2, -0.15) is 0 Å². The van der Waals surface area contributed by atoms with Crippen LogP contribution >= 0.6 is 0 Å². The van der Waals surface area contributed by atoms with E-state index in [2.05, 4.69) is 0 Å². The Morgan fingerprint density at radius 2 is 0.868 bits per heavy atom. The number of hydrogen-bond acceptors (Lipinski definition) is 1. The van der Waals surface area contributed by atoms with E-state index in [1.54, 1.807) is 48.5 Å². The van der Waals surface area contributed by atoms with E-state index >= 15 is 0 Å². The highest BCUT2D eigenvalue weighted by Crippen LogP contribution is 2.43. The third kappa shape index (κ3) is 6.53. The van der Waals surface area contributed by atoms with Crippen molar-refractivity contribution in [2.45, 2.75) is 0 Å². The van der Waals surface area contributed by atoms with Crippen LogP contribution in [0.25, 0.3) is 66.4 Å². The molecule has 250 valence electrons. The maximum Gasteiger partial charge on any atom is 0.0651 e. The quantitative estimate of drug-likeness (QED) is 0.153. The smallest absolute Gasteiger partial charge is 0.0651 e. The fourth-order valence-electron chi connectivity index (χ4n) is 6.24. The van der Waals surface area contributed by atoms with Gasteiger partial charge in [-0.05, 0) is 91.1 Å². The van der Waals surface area contributed by atoms with Crippen molar-refractivity contribution in [2.24, 2.45) is 0 Å². The summed E-state index contributed by atoms with van der Waals surface area (Å²) in [5.74, 6) is 0. The highest BCUT2D eigenvalue weighted by Gasteiger charge is 2.18. The van der Waals surface area contributed by atoms with Crippen molar-refractivity contribution >= 4 is 27.8 Å². The summed E-state index contributed by atoms with van der Waals surface area (Å²) in [6, 6.07) is 23.9. The molecule has 0 bridgehead atoms. The second-order valence-corrected chi connectivity index (χ2v) is 12.0. The van der Waals surface area contributed by atoms with Gasteiger partial charge in [0.05, 0.1) is 29.0 Å². The number of para-hydroxylation sites is 1. The standard InChI is InChI=1S/C52H37N/c1-3-13-38(14-4-1)40-25-27-42(28-26-40)43-33-35-47(36-34-43)53(48-20-11-19-46(37-48)50-23-12-18-44-17-7-8-21-49(44)50)52-24-10-9-22-51(52)45-31-29-41(30-32-45)39-15-5-2-6-16-39/h1-37H/i1D,3D,4D,11D,13D,14D,19D,20D,25D,26D,27D,28D,33D,34D,35D,36D,37D. The summed E-state index contributed by atoms with van der Waals surface area (Å²) in [6.45, 7) is 0. The number of nitrogens with zero attached hydrogens (tertiary/aromatic N) is 1. The van der Waals surface area contributed by atoms with Gasteiger partial charge in [-0.3, -0.25) is 0 Å². The van der Waals surface area contributed by atoms with Crippen LogP contribution in [0.5, 0.6) is 0 Å². The lowest BCUT2D eigenvalue weighted by atomic mass is 9.96. The molecule has 0 aliphatic carbocycles. The first-order valence-corrected chi connectivity index (χ1v) is 16.8. The molecular weight excluding hydrogens is 639 g/mol. The lowest BCUT2D eigenvalue weighted by molar-refractivity contribution is 1.28. The van der Waals surface area contributed by atoms with E-state index in [4.69, 9.17) is 12.3 Å². The summed E-state index contributed by atoms with van der Waals surface area (Å²) >= 11 is 0. The van der Waals surface area contributed by atoms with Crippen molar-refractivity contribution in [1.29, 1.82) is 0 Å². The first kappa shape index (κ1) is 18.5.